The lowest BCUT2D eigenvalue weighted by atomic mass is 9.81. The van der Waals surface area contributed by atoms with Gasteiger partial charge in [-0.2, -0.15) is 4.39 Å². The number of aliphatic hydroxyl groups is 1. The van der Waals surface area contributed by atoms with Crippen LogP contribution in [0.25, 0.3) is 11.0 Å². The molecule has 0 saturated heterocycles. The quantitative estimate of drug-likeness (QED) is 0.247. The maximum Gasteiger partial charge on any atom is 0.272 e. The van der Waals surface area contributed by atoms with Crippen molar-refractivity contribution in [3.05, 3.63) is 90.0 Å². The van der Waals surface area contributed by atoms with Crippen LogP contribution in [0.4, 0.5) is 8.78 Å². The molecule has 194 valence electrons. The van der Waals surface area contributed by atoms with Crippen molar-refractivity contribution in [1.29, 1.82) is 0 Å². The number of unbranched alkanes of at least 4 members (excludes halogenated alkanes) is 1. The van der Waals surface area contributed by atoms with Crippen molar-refractivity contribution in [2.45, 2.75) is 63.3 Å². The highest BCUT2D eigenvalue weighted by Gasteiger charge is 2.44. The van der Waals surface area contributed by atoms with Gasteiger partial charge in [0.05, 0.1) is 29.5 Å². The number of para-hydroxylation sites is 2. The monoisotopic (exact) mass is 507 g/mol. The fraction of sp³-hybridized carbons (Fsp3) is 0.357. The fourth-order valence-electron chi connectivity index (χ4n) is 4.45. The SMILES string of the molecule is CC(C)(F)CCCC[C@H](O)[C@@](Cc1ccccc1)(NC(=O)c1cnc2ccccc2n1)c1ncc(F)[nH]1. The Labute approximate surface area is 214 Å². The first kappa shape index (κ1) is 26.3. The molecule has 0 bridgehead atoms. The smallest absolute Gasteiger partial charge is 0.272 e. The number of carbonyl (C=O) groups is 1. The predicted octanol–water partition coefficient (Wildman–Crippen LogP) is 5.03. The third-order valence-electron chi connectivity index (χ3n) is 6.38. The van der Waals surface area contributed by atoms with Crippen LogP contribution < -0.4 is 5.32 Å². The van der Waals surface area contributed by atoms with Gasteiger partial charge in [-0.3, -0.25) is 9.78 Å². The van der Waals surface area contributed by atoms with E-state index < -0.39 is 29.2 Å². The molecular formula is C28H31F2N5O2. The van der Waals surface area contributed by atoms with Crippen LogP contribution in [0.5, 0.6) is 0 Å². The molecule has 2 heterocycles. The van der Waals surface area contributed by atoms with Gasteiger partial charge in [-0.1, -0.05) is 55.3 Å². The van der Waals surface area contributed by atoms with Gasteiger partial charge in [0.15, 0.2) is 0 Å². The van der Waals surface area contributed by atoms with Crippen molar-refractivity contribution in [1.82, 2.24) is 25.3 Å². The molecule has 0 radical (unpaired) electrons. The van der Waals surface area contributed by atoms with E-state index in [4.69, 9.17) is 0 Å². The molecule has 3 N–H and O–H groups in total. The number of halogens is 2. The highest BCUT2D eigenvalue weighted by molar-refractivity contribution is 5.94. The summed E-state index contributed by atoms with van der Waals surface area (Å²) >= 11 is 0. The molecule has 0 unspecified atom stereocenters. The summed E-state index contributed by atoms with van der Waals surface area (Å²) in [5.41, 5.74) is -0.802. The first-order valence-electron chi connectivity index (χ1n) is 12.3. The van der Waals surface area contributed by atoms with Gasteiger partial charge in [-0.25, -0.2) is 14.4 Å². The normalized spacial score (nSPS) is 14.3. The van der Waals surface area contributed by atoms with Gasteiger partial charge in [0.1, 0.15) is 22.7 Å². The number of hydrogen-bond acceptors (Lipinski definition) is 5. The molecule has 1 amide bonds. The third kappa shape index (κ3) is 6.54. The number of aliphatic hydroxyl groups excluding tert-OH is 1. The zero-order valence-electron chi connectivity index (χ0n) is 20.9. The van der Waals surface area contributed by atoms with Gasteiger partial charge in [0, 0.05) is 6.42 Å². The molecule has 4 aromatic rings. The zero-order valence-corrected chi connectivity index (χ0v) is 20.9. The Morgan fingerprint density at radius 2 is 1.73 bits per heavy atom. The number of aromatic nitrogens is 4. The van der Waals surface area contributed by atoms with Crippen LogP contribution in [0.15, 0.2) is 67.0 Å². The number of aromatic amines is 1. The molecule has 2 aromatic carbocycles. The number of fused-ring (bicyclic) bond motifs is 1. The predicted molar refractivity (Wildman–Crippen MR) is 137 cm³/mol. The maximum atomic E-state index is 14.2. The van der Waals surface area contributed by atoms with Gasteiger partial charge < -0.3 is 15.4 Å². The highest BCUT2D eigenvalue weighted by Crippen LogP contribution is 2.32. The summed E-state index contributed by atoms with van der Waals surface area (Å²) in [6, 6.07) is 16.4. The van der Waals surface area contributed by atoms with Crippen LogP contribution in [-0.2, 0) is 12.0 Å². The van der Waals surface area contributed by atoms with Gasteiger partial charge in [0.25, 0.3) is 5.91 Å². The number of nitrogens with zero attached hydrogens (tertiary/aromatic N) is 3. The summed E-state index contributed by atoms with van der Waals surface area (Å²) in [5.74, 6) is -1.21. The topological polar surface area (TPSA) is 104 Å². The molecule has 4 rings (SSSR count). The average Bonchev–Trinajstić information content (AvgIpc) is 3.32. The van der Waals surface area contributed by atoms with Crippen LogP contribution in [0.2, 0.25) is 0 Å². The standard InChI is InChI=1S/C28H31F2N5O2/c1-27(2,30)15-9-8-14-23(36)28(26-32-18-24(29)34-26,16-19-10-4-3-5-11-19)35-25(37)22-17-31-20-12-6-7-13-21(20)33-22/h3-7,10-13,17-18,23,36H,8-9,14-16H2,1-2H3,(H,32,34)(H,35,37)/t23-,28+/m0/s1. The van der Waals surface area contributed by atoms with Gasteiger partial charge in [-0.05, 0) is 44.4 Å². The van der Waals surface area contributed by atoms with E-state index in [1.165, 1.54) is 20.0 Å². The van der Waals surface area contributed by atoms with E-state index in [0.717, 1.165) is 11.8 Å². The Kier molecular flexibility index (Phi) is 7.92. The summed E-state index contributed by atoms with van der Waals surface area (Å²) in [6.07, 6.45) is 2.94. The minimum atomic E-state index is -1.51. The molecule has 37 heavy (non-hydrogen) atoms. The number of imidazole rings is 1. The Balaban J connectivity index is 1.70. The molecule has 0 spiro atoms. The van der Waals surface area contributed by atoms with Crippen molar-refractivity contribution in [3.8, 4) is 0 Å². The summed E-state index contributed by atoms with van der Waals surface area (Å²) in [5, 5.41) is 14.5. The van der Waals surface area contributed by atoms with Crippen LogP contribution in [-0.4, -0.2) is 42.7 Å². The Bertz CT molecular complexity index is 1340. The summed E-state index contributed by atoms with van der Waals surface area (Å²) in [7, 11) is 0. The van der Waals surface area contributed by atoms with Gasteiger partial charge >= 0.3 is 0 Å². The number of rotatable bonds is 11. The minimum Gasteiger partial charge on any atom is -0.390 e. The number of amides is 1. The van der Waals surface area contributed by atoms with Crippen molar-refractivity contribution < 1.29 is 18.7 Å². The van der Waals surface area contributed by atoms with Crippen LogP contribution in [0, 0.1) is 5.95 Å². The zero-order chi connectivity index (χ0) is 26.5. The number of alkyl halides is 1. The third-order valence-corrected chi connectivity index (χ3v) is 6.38. The van der Waals surface area contributed by atoms with Crippen LogP contribution >= 0.6 is 0 Å². The molecule has 2 atom stereocenters. The van der Waals surface area contributed by atoms with Crippen molar-refractivity contribution >= 4 is 16.9 Å². The van der Waals surface area contributed by atoms with Crippen molar-refractivity contribution in [3.63, 3.8) is 0 Å². The number of carbonyl (C=O) groups excluding carboxylic acids is 1. The molecule has 7 nitrogen and oxygen atoms in total. The van der Waals surface area contributed by atoms with E-state index in [1.807, 2.05) is 36.4 Å². The lowest BCUT2D eigenvalue weighted by Crippen LogP contribution is -2.56. The van der Waals surface area contributed by atoms with Crippen molar-refractivity contribution in [2.24, 2.45) is 0 Å². The Hall–Kier alpha value is -3.72. The first-order valence-corrected chi connectivity index (χ1v) is 12.3. The molecule has 0 aliphatic heterocycles. The highest BCUT2D eigenvalue weighted by atomic mass is 19.1. The molecule has 2 aromatic heterocycles. The summed E-state index contributed by atoms with van der Waals surface area (Å²) < 4.78 is 28.1. The Morgan fingerprint density at radius 1 is 1.03 bits per heavy atom. The maximum absolute atomic E-state index is 14.2. The van der Waals surface area contributed by atoms with E-state index in [2.05, 4.69) is 25.3 Å². The number of nitrogens with one attached hydrogen (secondary N) is 2. The lowest BCUT2D eigenvalue weighted by molar-refractivity contribution is 0.0360. The molecular weight excluding hydrogens is 476 g/mol. The van der Waals surface area contributed by atoms with Crippen LogP contribution in [0.1, 0.15) is 61.4 Å². The number of hydrogen-bond donors (Lipinski definition) is 3. The average molecular weight is 508 g/mol. The van der Waals surface area contributed by atoms with Gasteiger partial charge in [0.2, 0.25) is 5.95 Å². The molecule has 0 aliphatic carbocycles. The second kappa shape index (κ2) is 11.1. The fourth-order valence-corrected chi connectivity index (χ4v) is 4.45. The van der Waals surface area contributed by atoms with Crippen molar-refractivity contribution in [2.75, 3.05) is 0 Å². The summed E-state index contributed by atoms with van der Waals surface area (Å²) in [4.78, 5) is 29.0. The van der Waals surface area contributed by atoms with E-state index in [9.17, 15) is 18.7 Å². The number of H-pyrrole nitrogens is 1. The second-order valence-electron chi connectivity index (χ2n) is 9.89. The van der Waals surface area contributed by atoms with E-state index in [-0.39, 0.29) is 24.4 Å². The lowest BCUT2D eigenvalue weighted by Gasteiger charge is -2.37. The second-order valence-corrected chi connectivity index (χ2v) is 9.89. The molecule has 0 aliphatic rings. The first-order chi connectivity index (χ1) is 17.7. The molecule has 9 heteroatoms. The van der Waals surface area contributed by atoms with Crippen LogP contribution in [0.3, 0.4) is 0 Å². The largest absolute Gasteiger partial charge is 0.390 e. The van der Waals surface area contributed by atoms with Gasteiger partial charge in [-0.15, -0.1) is 0 Å². The van der Waals surface area contributed by atoms with E-state index in [1.54, 1.807) is 18.2 Å². The molecule has 0 saturated carbocycles. The number of benzene rings is 2. The molecule has 0 fully saturated rings. The Morgan fingerprint density at radius 3 is 2.41 bits per heavy atom. The minimum absolute atomic E-state index is 0.0505. The van der Waals surface area contributed by atoms with E-state index >= 15 is 0 Å². The van der Waals surface area contributed by atoms with E-state index in [0.29, 0.717) is 30.3 Å². The summed E-state index contributed by atoms with van der Waals surface area (Å²) in [6.45, 7) is 3.03.